The number of benzene rings is 2. The molecule has 0 unspecified atom stereocenters. The lowest BCUT2D eigenvalue weighted by molar-refractivity contribution is -0.141. The molecule has 0 N–H and O–H groups in total. The number of anilines is 1. The van der Waals surface area contributed by atoms with Crippen molar-refractivity contribution in [2.24, 2.45) is 0 Å². The maximum Gasteiger partial charge on any atom is 0.325 e. The van der Waals surface area contributed by atoms with Gasteiger partial charge >= 0.3 is 5.97 Å². The van der Waals surface area contributed by atoms with E-state index in [1.165, 1.54) is 23.8 Å². The Bertz CT molecular complexity index is 1160. The number of hydrogen-bond donors (Lipinski definition) is 0. The molecule has 0 radical (unpaired) electrons. The van der Waals surface area contributed by atoms with Crippen molar-refractivity contribution in [3.05, 3.63) is 75.3 Å². The number of rotatable bonds is 5. The number of fused-ring (bicyclic) bond motifs is 1. The summed E-state index contributed by atoms with van der Waals surface area (Å²) in [6, 6.07) is 13.7. The molecule has 0 aliphatic carbocycles. The van der Waals surface area contributed by atoms with Gasteiger partial charge in [0, 0.05) is 49.0 Å². The third-order valence-electron chi connectivity index (χ3n) is 5.61. The highest BCUT2D eigenvalue weighted by Gasteiger charge is 2.20. The van der Waals surface area contributed by atoms with Crippen molar-refractivity contribution >= 4 is 34.2 Å². The molecule has 1 saturated heterocycles. The summed E-state index contributed by atoms with van der Waals surface area (Å²) < 4.78 is 19.4. The molecule has 3 aromatic rings. The Morgan fingerprint density at radius 2 is 1.77 bits per heavy atom. The predicted octanol–water partition coefficient (Wildman–Crippen LogP) is 3.29. The smallest absolute Gasteiger partial charge is 0.325 e. The first kappa shape index (κ1) is 21.3. The molecule has 2 heterocycles. The van der Waals surface area contributed by atoms with Gasteiger partial charge in [-0.3, -0.25) is 19.1 Å². The Balaban J connectivity index is 1.55. The zero-order chi connectivity index (χ0) is 22.0. The lowest BCUT2D eigenvalue weighted by Gasteiger charge is -2.36. The number of carbonyl (C=O) groups excluding carboxylic acids is 1. The summed E-state index contributed by atoms with van der Waals surface area (Å²) in [7, 11) is 1.30. The first-order valence-electron chi connectivity index (χ1n) is 10.1. The van der Waals surface area contributed by atoms with Gasteiger partial charge in [0.05, 0.1) is 12.6 Å². The largest absolute Gasteiger partial charge is 0.468 e. The normalized spacial score (nSPS) is 14.7. The molecule has 1 fully saturated rings. The molecule has 1 aliphatic heterocycles. The van der Waals surface area contributed by atoms with E-state index in [1.807, 2.05) is 12.1 Å². The molecule has 1 aliphatic rings. The highest BCUT2D eigenvalue weighted by Crippen LogP contribution is 2.21. The molecule has 31 heavy (non-hydrogen) atoms. The van der Waals surface area contributed by atoms with Gasteiger partial charge in [-0.05, 0) is 47.9 Å². The summed E-state index contributed by atoms with van der Waals surface area (Å²) in [5.74, 6) is -0.739. The van der Waals surface area contributed by atoms with Gasteiger partial charge in [-0.25, -0.2) is 4.39 Å². The first-order valence-corrected chi connectivity index (χ1v) is 10.4. The van der Waals surface area contributed by atoms with Gasteiger partial charge in [-0.15, -0.1) is 0 Å². The monoisotopic (exact) mass is 443 g/mol. The average Bonchev–Trinajstić information content (AvgIpc) is 2.78. The lowest BCUT2D eigenvalue weighted by Crippen LogP contribution is -2.46. The first-order chi connectivity index (χ1) is 14.9. The summed E-state index contributed by atoms with van der Waals surface area (Å²) in [4.78, 5) is 29.5. The van der Waals surface area contributed by atoms with Crippen LogP contribution in [0.1, 0.15) is 5.56 Å². The zero-order valence-corrected chi connectivity index (χ0v) is 17.9. The van der Waals surface area contributed by atoms with Gasteiger partial charge in [-0.1, -0.05) is 17.7 Å². The fraction of sp³-hybridized carbons (Fsp3) is 0.304. The van der Waals surface area contributed by atoms with E-state index in [2.05, 4.69) is 9.80 Å². The van der Waals surface area contributed by atoms with Crippen LogP contribution in [-0.4, -0.2) is 48.7 Å². The van der Waals surface area contributed by atoms with Gasteiger partial charge in [0.2, 0.25) is 0 Å². The number of esters is 1. The van der Waals surface area contributed by atoms with Gasteiger partial charge in [0.1, 0.15) is 12.4 Å². The highest BCUT2D eigenvalue weighted by atomic mass is 35.5. The van der Waals surface area contributed by atoms with Crippen LogP contribution in [0.3, 0.4) is 0 Å². The van der Waals surface area contributed by atoms with Crippen molar-refractivity contribution in [2.75, 3.05) is 38.2 Å². The topological polar surface area (TPSA) is 54.8 Å². The Hall–Kier alpha value is -2.90. The number of nitrogens with zero attached hydrogens (tertiary/aromatic N) is 3. The molecule has 0 amide bonds. The number of halogens is 2. The van der Waals surface area contributed by atoms with Crippen LogP contribution in [0.15, 0.2) is 53.3 Å². The zero-order valence-electron chi connectivity index (χ0n) is 17.2. The van der Waals surface area contributed by atoms with E-state index < -0.39 is 5.97 Å². The summed E-state index contributed by atoms with van der Waals surface area (Å²) in [5, 5.41) is 1.34. The molecule has 0 atom stereocenters. The van der Waals surface area contributed by atoms with Crippen LogP contribution in [0.4, 0.5) is 10.1 Å². The van der Waals surface area contributed by atoms with Gasteiger partial charge in [0.15, 0.2) is 0 Å². The summed E-state index contributed by atoms with van der Waals surface area (Å²) in [6.45, 7) is 3.42. The van der Waals surface area contributed by atoms with E-state index in [1.54, 1.807) is 24.3 Å². The van der Waals surface area contributed by atoms with Crippen LogP contribution in [0.25, 0.3) is 10.9 Å². The van der Waals surface area contributed by atoms with Crippen molar-refractivity contribution < 1.29 is 13.9 Å². The standard InChI is InChI=1S/C23H23ClFN3O3/c1-31-22(29)15-28-21-13-18(24)3-2-16(21)12-17(23(28)30)14-26-8-10-27(11-9-26)20-6-4-19(25)5-7-20/h2-7,12-13H,8-11,14-15H2,1H3. The lowest BCUT2D eigenvalue weighted by atomic mass is 10.1. The van der Waals surface area contributed by atoms with E-state index in [0.717, 1.165) is 37.3 Å². The second kappa shape index (κ2) is 9.08. The number of carbonyl (C=O) groups is 1. The van der Waals surface area contributed by atoms with Crippen molar-refractivity contribution in [1.82, 2.24) is 9.47 Å². The van der Waals surface area contributed by atoms with E-state index in [9.17, 15) is 14.0 Å². The molecule has 162 valence electrons. The number of ether oxygens (including phenoxy) is 1. The number of pyridine rings is 1. The van der Waals surface area contributed by atoms with E-state index in [0.29, 0.717) is 22.6 Å². The predicted molar refractivity (Wildman–Crippen MR) is 119 cm³/mol. The Morgan fingerprint density at radius 3 is 2.45 bits per heavy atom. The number of aromatic nitrogens is 1. The fourth-order valence-electron chi connectivity index (χ4n) is 3.93. The summed E-state index contributed by atoms with van der Waals surface area (Å²) in [6.07, 6.45) is 0. The molecule has 0 saturated carbocycles. The average molecular weight is 444 g/mol. The summed E-state index contributed by atoms with van der Waals surface area (Å²) in [5.41, 5.74) is 1.99. The van der Waals surface area contributed by atoms with Gasteiger partial charge in [-0.2, -0.15) is 0 Å². The molecule has 4 rings (SSSR count). The maximum atomic E-state index is 13.2. The van der Waals surface area contributed by atoms with Crippen molar-refractivity contribution in [3.63, 3.8) is 0 Å². The number of methoxy groups -OCH3 is 1. The third kappa shape index (κ3) is 4.73. The molecule has 6 nitrogen and oxygen atoms in total. The van der Waals surface area contributed by atoms with Crippen molar-refractivity contribution in [3.8, 4) is 0 Å². The van der Waals surface area contributed by atoms with Gasteiger partial charge < -0.3 is 9.64 Å². The molecule has 0 spiro atoms. The minimum Gasteiger partial charge on any atom is -0.468 e. The van der Waals surface area contributed by atoms with Crippen LogP contribution in [-0.2, 0) is 22.6 Å². The van der Waals surface area contributed by atoms with Crippen LogP contribution in [0.5, 0.6) is 0 Å². The maximum absolute atomic E-state index is 13.2. The minimum atomic E-state index is -0.492. The van der Waals surface area contributed by atoms with E-state index in [-0.39, 0.29) is 17.9 Å². The second-order valence-electron chi connectivity index (χ2n) is 7.58. The van der Waals surface area contributed by atoms with Crippen molar-refractivity contribution in [1.29, 1.82) is 0 Å². The molecule has 8 heteroatoms. The van der Waals surface area contributed by atoms with Crippen LogP contribution < -0.4 is 10.5 Å². The molecular weight excluding hydrogens is 421 g/mol. The molecule has 1 aromatic heterocycles. The van der Waals surface area contributed by atoms with E-state index >= 15 is 0 Å². The SMILES string of the molecule is COC(=O)Cn1c(=O)c(CN2CCN(c3ccc(F)cc3)CC2)cc2ccc(Cl)cc21. The fourth-order valence-corrected chi connectivity index (χ4v) is 4.09. The van der Waals surface area contributed by atoms with Crippen LogP contribution >= 0.6 is 11.6 Å². The second-order valence-corrected chi connectivity index (χ2v) is 8.02. The Kier molecular flexibility index (Phi) is 6.25. The quantitative estimate of drug-likeness (QED) is 0.566. The van der Waals surface area contributed by atoms with E-state index in [4.69, 9.17) is 16.3 Å². The molecule has 2 aromatic carbocycles. The summed E-state index contributed by atoms with van der Waals surface area (Å²) >= 11 is 6.12. The van der Waals surface area contributed by atoms with Gasteiger partial charge in [0.25, 0.3) is 5.56 Å². The number of piperazine rings is 1. The Labute approximate surface area is 184 Å². The third-order valence-corrected chi connectivity index (χ3v) is 5.84. The minimum absolute atomic E-state index is 0.168. The Morgan fingerprint density at radius 1 is 1.06 bits per heavy atom. The highest BCUT2D eigenvalue weighted by molar-refractivity contribution is 6.31. The molecule has 0 bridgehead atoms. The van der Waals surface area contributed by atoms with Crippen molar-refractivity contribution in [2.45, 2.75) is 13.1 Å². The van der Waals surface area contributed by atoms with Crippen LogP contribution in [0, 0.1) is 5.82 Å². The number of hydrogen-bond acceptors (Lipinski definition) is 5. The molecular formula is C23H23ClFN3O3. The van der Waals surface area contributed by atoms with Crippen LogP contribution in [0.2, 0.25) is 5.02 Å².